The van der Waals surface area contributed by atoms with E-state index < -0.39 is 6.08 Å². The topological polar surface area (TPSA) is 9.23 Å². The van der Waals surface area contributed by atoms with Crippen LogP contribution >= 0.6 is 0 Å². The number of rotatable bonds is 4. The zero-order valence-electron chi connectivity index (χ0n) is 7.36. The smallest absolute Gasteiger partial charge is 0.268 e. The fraction of sp³-hybridized carbons (Fsp3) is 0.750. The molecule has 11 heavy (non-hydrogen) atoms. The Hall–Kier alpha value is -0.440. The van der Waals surface area contributed by atoms with Crippen LogP contribution in [0.4, 0.5) is 8.78 Å². The van der Waals surface area contributed by atoms with Gasteiger partial charge in [0.25, 0.3) is 6.08 Å². The fourth-order valence-corrected chi connectivity index (χ4v) is 0.350. The van der Waals surface area contributed by atoms with Gasteiger partial charge in [-0.3, -0.25) is 0 Å². The van der Waals surface area contributed by atoms with E-state index in [9.17, 15) is 8.78 Å². The molecule has 0 aliphatic carbocycles. The van der Waals surface area contributed by atoms with E-state index in [-0.39, 0.29) is 6.61 Å². The van der Waals surface area contributed by atoms with Gasteiger partial charge in [-0.05, 0) is 6.42 Å². The van der Waals surface area contributed by atoms with Gasteiger partial charge in [-0.2, -0.15) is 8.78 Å². The van der Waals surface area contributed by atoms with E-state index in [0.29, 0.717) is 6.61 Å². The molecular formula is C8H16F2O. The summed E-state index contributed by atoms with van der Waals surface area (Å²) in [5, 5.41) is 0. The van der Waals surface area contributed by atoms with E-state index in [2.05, 4.69) is 0 Å². The molecule has 0 aromatic heterocycles. The Labute approximate surface area is 67.1 Å². The van der Waals surface area contributed by atoms with Crippen molar-refractivity contribution in [3.05, 3.63) is 12.2 Å². The van der Waals surface area contributed by atoms with Crippen LogP contribution in [-0.2, 0) is 4.74 Å². The second kappa shape index (κ2) is 12.3. The minimum atomic E-state index is -1.67. The SMILES string of the molecule is CC.CCCOCC=C(F)F. The molecule has 68 valence electrons. The molecule has 0 saturated heterocycles. The summed E-state index contributed by atoms with van der Waals surface area (Å²) in [5.41, 5.74) is 0. The molecule has 0 saturated carbocycles. The van der Waals surface area contributed by atoms with Gasteiger partial charge in [0, 0.05) is 12.7 Å². The zero-order chi connectivity index (χ0) is 9.11. The highest BCUT2D eigenvalue weighted by Crippen LogP contribution is 1.95. The largest absolute Gasteiger partial charge is 0.377 e. The summed E-state index contributed by atoms with van der Waals surface area (Å²) in [6.07, 6.45) is -0.0525. The van der Waals surface area contributed by atoms with Crippen molar-refractivity contribution in [1.29, 1.82) is 0 Å². The van der Waals surface area contributed by atoms with Crippen LogP contribution in [0.3, 0.4) is 0 Å². The molecule has 0 aliphatic heterocycles. The summed E-state index contributed by atoms with van der Waals surface area (Å²) < 4.78 is 27.2. The molecule has 0 atom stereocenters. The van der Waals surface area contributed by atoms with Crippen LogP contribution < -0.4 is 0 Å². The van der Waals surface area contributed by atoms with Gasteiger partial charge in [0.05, 0.1) is 6.61 Å². The highest BCUT2D eigenvalue weighted by atomic mass is 19.3. The Morgan fingerprint density at radius 1 is 1.36 bits per heavy atom. The normalized spacial score (nSPS) is 8.09. The van der Waals surface area contributed by atoms with Crippen molar-refractivity contribution in [3.63, 3.8) is 0 Å². The van der Waals surface area contributed by atoms with E-state index in [4.69, 9.17) is 4.74 Å². The van der Waals surface area contributed by atoms with Crippen LogP contribution in [-0.4, -0.2) is 13.2 Å². The molecule has 0 aliphatic rings. The Morgan fingerprint density at radius 3 is 2.27 bits per heavy atom. The van der Waals surface area contributed by atoms with Gasteiger partial charge in [-0.1, -0.05) is 20.8 Å². The molecule has 0 N–H and O–H groups in total. The molecule has 0 bridgehead atoms. The number of ether oxygens (including phenoxy) is 1. The van der Waals surface area contributed by atoms with Crippen molar-refractivity contribution >= 4 is 0 Å². The summed E-state index contributed by atoms with van der Waals surface area (Å²) in [6, 6.07) is 0. The predicted octanol–water partition coefficient (Wildman–Crippen LogP) is 3.22. The van der Waals surface area contributed by atoms with Crippen LogP contribution in [0.25, 0.3) is 0 Å². The van der Waals surface area contributed by atoms with Gasteiger partial charge in [0.15, 0.2) is 0 Å². The molecule has 0 spiro atoms. The number of hydrogen-bond donors (Lipinski definition) is 0. The molecule has 0 radical (unpaired) electrons. The lowest BCUT2D eigenvalue weighted by Gasteiger charge is -1.93. The van der Waals surface area contributed by atoms with Crippen molar-refractivity contribution in [2.45, 2.75) is 27.2 Å². The summed E-state index contributed by atoms with van der Waals surface area (Å²) in [7, 11) is 0. The number of halogens is 2. The summed E-state index contributed by atoms with van der Waals surface area (Å²) in [5.74, 6) is 0. The van der Waals surface area contributed by atoms with Crippen molar-refractivity contribution in [2.24, 2.45) is 0 Å². The number of hydrogen-bond acceptors (Lipinski definition) is 1. The van der Waals surface area contributed by atoms with E-state index in [1.165, 1.54) is 0 Å². The molecule has 0 rings (SSSR count). The van der Waals surface area contributed by atoms with Crippen molar-refractivity contribution in [1.82, 2.24) is 0 Å². The average Bonchev–Trinajstić information content (AvgIpc) is 2.02. The molecule has 0 aromatic carbocycles. The monoisotopic (exact) mass is 166 g/mol. The standard InChI is InChI=1S/C6H10F2O.C2H6/c1-2-4-9-5-3-6(7)8;1-2/h3H,2,4-5H2,1H3;1-2H3. The molecule has 0 heterocycles. The van der Waals surface area contributed by atoms with Crippen molar-refractivity contribution in [3.8, 4) is 0 Å². The van der Waals surface area contributed by atoms with Gasteiger partial charge in [-0.25, -0.2) is 0 Å². The molecule has 0 amide bonds. The quantitative estimate of drug-likeness (QED) is 0.582. The first-order valence-electron chi connectivity index (χ1n) is 3.86. The lowest BCUT2D eigenvalue weighted by molar-refractivity contribution is 0.160. The van der Waals surface area contributed by atoms with Crippen LogP contribution in [0.2, 0.25) is 0 Å². The van der Waals surface area contributed by atoms with Gasteiger partial charge < -0.3 is 4.74 Å². The molecule has 0 aromatic rings. The highest BCUT2D eigenvalue weighted by Gasteiger charge is 1.85. The second-order valence-electron chi connectivity index (χ2n) is 1.57. The van der Waals surface area contributed by atoms with Crippen molar-refractivity contribution in [2.75, 3.05) is 13.2 Å². The minimum Gasteiger partial charge on any atom is -0.377 e. The molecule has 1 nitrogen and oxygen atoms in total. The lowest BCUT2D eigenvalue weighted by Crippen LogP contribution is -1.91. The van der Waals surface area contributed by atoms with Crippen LogP contribution in [0.1, 0.15) is 27.2 Å². The Kier molecular flexibility index (Phi) is 14.7. The zero-order valence-corrected chi connectivity index (χ0v) is 7.36. The second-order valence-corrected chi connectivity index (χ2v) is 1.57. The summed E-state index contributed by atoms with van der Waals surface area (Å²) in [6.45, 7) is 6.50. The van der Waals surface area contributed by atoms with Crippen LogP contribution in [0, 0.1) is 0 Å². The van der Waals surface area contributed by atoms with Gasteiger partial charge in [0.1, 0.15) is 0 Å². The third-order valence-electron chi connectivity index (χ3n) is 0.704. The first-order valence-corrected chi connectivity index (χ1v) is 3.86. The first kappa shape index (κ1) is 13.2. The third kappa shape index (κ3) is 17.7. The van der Waals surface area contributed by atoms with E-state index in [1.807, 2.05) is 20.8 Å². The Morgan fingerprint density at radius 2 is 1.91 bits per heavy atom. The minimum absolute atomic E-state index is 0.0240. The molecule has 0 fully saturated rings. The van der Waals surface area contributed by atoms with Crippen LogP contribution in [0.15, 0.2) is 12.2 Å². The summed E-state index contributed by atoms with van der Waals surface area (Å²) >= 11 is 0. The van der Waals surface area contributed by atoms with Gasteiger partial charge >= 0.3 is 0 Å². The molecule has 0 unspecified atom stereocenters. The first-order chi connectivity index (χ1) is 5.27. The molecular weight excluding hydrogens is 150 g/mol. The van der Waals surface area contributed by atoms with E-state index in [0.717, 1.165) is 12.5 Å². The lowest BCUT2D eigenvalue weighted by atomic mass is 10.5. The predicted molar refractivity (Wildman–Crippen MR) is 42.8 cm³/mol. The Bertz CT molecular complexity index is 88.1. The maximum absolute atomic E-state index is 11.2. The fourth-order valence-electron chi connectivity index (χ4n) is 0.350. The maximum Gasteiger partial charge on any atom is 0.268 e. The molecule has 3 heteroatoms. The Balaban J connectivity index is 0. The maximum atomic E-state index is 11.2. The summed E-state index contributed by atoms with van der Waals surface area (Å²) in [4.78, 5) is 0. The van der Waals surface area contributed by atoms with Crippen molar-refractivity contribution < 1.29 is 13.5 Å². The highest BCUT2D eigenvalue weighted by molar-refractivity contribution is 4.79. The van der Waals surface area contributed by atoms with Gasteiger partial charge in [-0.15, -0.1) is 0 Å². The average molecular weight is 166 g/mol. The third-order valence-corrected chi connectivity index (χ3v) is 0.704. The van der Waals surface area contributed by atoms with E-state index >= 15 is 0 Å². The van der Waals surface area contributed by atoms with Crippen LogP contribution in [0.5, 0.6) is 0 Å². The van der Waals surface area contributed by atoms with E-state index in [1.54, 1.807) is 0 Å². The van der Waals surface area contributed by atoms with Gasteiger partial charge in [0.2, 0.25) is 0 Å².